The van der Waals surface area contributed by atoms with Crippen LogP contribution in [0.4, 0.5) is 8.78 Å². The lowest BCUT2D eigenvalue weighted by molar-refractivity contribution is 0.0988. The van der Waals surface area contributed by atoms with E-state index >= 15 is 0 Å². The molecule has 2 rings (SSSR count). The predicted molar refractivity (Wildman–Crippen MR) is 75.1 cm³/mol. The molecule has 0 saturated carbocycles. The minimum Gasteiger partial charge on any atom is -0.497 e. The third kappa shape index (κ3) is 3.22. The number of methoxy groups -OCH3 is 1. The summed E-state index contributed by atoms with van der Waals surface area (Å²) in [6.45, 7) is 0. The van der Waals surface area contributed by atoms with E-state index in [0.29, 0.717) is 15.8 Å². The Morgan fingerprint density at radius 3 is 2.65 bits per heavy atom. The molecule has 2 aromatic rings. The van der Waals surface area contributed by atoms with Crippen LogP contribution in [-0.4, -0.2) is 12.9 Å². The summed E-state index contributed by atoms with van der Waals surface area (Å²) < 4.78 is 32.4. The monoisotopic (exact) mass is 340 g/mol. The zero-order chi connectivity index (χ0) is 14.7. The molecule has 0 spiro atoms. The van der Waals surface area contributed by atoms with Crippen LogP contribution in [0.15, 0.2) is 40.9 Å². The van der Waals surface area contributed by atoms with Crippen molar-refractivity contribution in [3.63, 3.8) is 0 Å². The molecule has 0 aliphatic rings. The second kappa shape index (κ2) is 6.13. The average molecular weight is 341 g/mol. The summed E-state index contributed by atoms with van der Waals surface area (Å²) in [5.41, 5.74) is 0.401. The van der Waals surface area contributed by atoms with Gasteiger partial charge >= 0.3 is 0 Å². The SMILES string of the molecule is COc1ccc(Br)c(CC(=O)c2cc(F)ccc2F)c1. The third-order valence-electron chi connectivity index (χ3n) is 2.83. The van der Waals surface area contributed by atoms with Crippen LogP contribution in [0.1, 0.15) is 15.9 Å². The van der Waals surface area contributed by atoms with Gasteiger partial charge in [-0.05, 0) is 42.0 Å². The Balaban J connectivity index is 2.30. The van der Waals surface area contributed by atoms with Gasteiger partial charge in [-0.15, -0.1) is 0 Å². The first kappa shape index (κ1) is 14.7. The molecule has 0 aliphatic carbocycles. The average Bonchev–Trinajstić information content (AvgIpc) is 2.43. The second-order valence-corrected chi connectivity index (χ2v) is 5.04. The van der Waals surface area contributed by atoms with Gasteiger partial charge in [0.05, 0.1) is 12.7 Å². The maximum absolute atomic E-state index is 13.5. The van der Waals surface area contributed by atoms with Gasteiger partial charge < -0.3 is 4.74 Å². The number of carbonyl (C=O) groups is 1. The molecular weight excluding hydrogens is 330 g/mol. The molecule has 0 N–H and O–H groups in total. The van der Waals surface area contributed by atoms with Crippen molar-refractivity contribution in [2.24, 2.45) is 0 Å². The Morgan fingerprint density at radius 2 is 1.95 bits per heavy atom. The molecule has 5 heteroatoms. The fourth-order valence-electron chi connectivity index (χ4n) is 1.79. The minimum absolute atomic E-state index is 0.0435. The van der Waals surface area contributed by atoms with E-state index in [4.69, 9.17) is 4.74 Å². The first-order chi connectivity index (χ1) is 9.51. The number of hydrogen-bond donors (Lipinski definition) is 0. The molecule has 0 aliphatic heterocycles. The number of ether oxygens (including phenoxy) is 1. The molecule has 0 unspecified atom stereocenters. The molecule has 0 atom stereocenters. The highest BCUT2D eigenvalue weighted by atomic mass is 79.9. The van der Waals surface area contributed by atoms with Crippen LogP contribution in [0.2, 0.25) is 0 Å². The highest BCUT2D eigenvalue weighted by Gasteiger charge is 2.15. The van der Waals surface area contributed by atoms with Crippen molar-refractivity contribution in [1.82, 2.24) is 0 Å². The van der Waals surface area contributed by atoms with E-state index in [2.05, 4.69) is 15.9 Å². The van der Waals surface area contributed by atoms with E-state index < -0.39 is 17.4 Å². The molecule has 0 amide bonds. The summed E-state index contributed by atoms with van der Waals surface area (Å²) in [5, 5.41) is 0. The topological polar surface area (TPSA) is 26.3 Å². The van der Waals surface area contributed by atoms with E-state index in [1.165, 1.54) is 7.11 Å². The number of benzene rings is 2. The Kier molecular flexibility index (Phi) is 4.49. The molecule has 0 heterocycles. The molecule has 0 fully saturated rings. The van der Waals surface area contributed by atoms with Crippen LogP contribution in [0.5, 0.6) is 5.75 Å². The van der Waals surface area contributed by atoms with Crippen LogP contribution >= 0.6 is 15.9 Å². The molecule has 0 aromatic heterocycles. The van der Waals surface area contributed by atoms with E-state index in [1.807, 2.05) is 0 Å². The summed E-state index contributed by atoms with van der Waals surface area (Å²) in [6.07, 6.45) is -0.0435. The molecule has 0 saturated heterocycles. The fourth-order valence-corrected chi connectivity index (χ4v) is 2.18. The zero-order valence-electron chi connectivity index (χ0n) is 10.6. The van der Waals surface area contributed by atoms with Crippen molar-refractivity contribution in [3.05, 3.63) is 63.6 Å². The molecular formula is C15H11BrF2O2. The van der Waals surface area contributed by atoms with E-state index in [9.17, 15) is 13.6 Å². The maximum Gasteiger partial charge on any atom is 0.170 e. The second-order valence-electron chi connectivity index (χ2n) is 4.18. The Labute approximate surface area is 123 Å². The third-order valence-corrected chi connectivity index (χ3v) is 3.61. The van der Waals surface area contributed by atoms with Crippen molar-refractivity contribution < 1.29 is 18.3 Å². The predicted octanol–water partition coefficient (Wildman–Crippen LogP) is 4.16. The van der Waals surface area contributed by atoms with Gasteiger partial charge in [0.25, 0.3) is 0 Å². The largest absolute Gasteiger partial charge is 0.497 e. The summed E-state index contributed by atoms with van der Waals surface area (Å²) in [6, 6.07) is 7.99. The van der Waals surface area contributed by atoms with Gasteiger partial charge in [-0.3, -0.25) is 4.79 Å². The van der Waals surface area contributed by atoms with Crippen molar-refractivity contribution in [1.29, 1.82) is 0 Å². The number of ketones is 1. The van der Waals surface area contributed by atoms with E-state index in [1.54, 1.807) is 18.2 Å². The molecule has 2 nitrogen and oxygen atoms in total. The van der Waals surface area contributed by atoms with Crippen molar-refractivity contribution in [3.8, 4) is 5.75 Å². The maximum atomic E-state index is 13.5. The van der Waals surface area contributed by atoms with Gasteiger partial charge in [0.1, 0.15) is 17.4 Å². The van der Waals surface area contributed by atoms with Crippen LogP contribution in [0.25, 0.3) is 0 Å². The number of rotatable bonds is 4. The Hall–Kier alpha value is -1.75. The summed E-state index contributed by atoms with van der Waals surface area (Å²) in [7, 11) is 1.51. The highest BCUT2D eigenvalue weighted by molar-refractivity contribution is 9.10. The smallest absolute Gasteiger partial charge is 0.170 e. The zero-order valence-corrected chi connectivity index (χ0v) is 12.2. The van der Waals surface area contributed by atoms with Crippen molar-refractivity contribution >= 4 is 21.7 Å². The molecule has 2 aromatic carbocycles. The van der Waals surface area contributed by atoms with Crippen LogP contribution < -0.4 is 4.74 Å². The van der Waals surface area contributed by atoms with E-state index in [-0.39, 0.29) is 12.0 Å². The fraction of sp³-hybridized carbons (Fsp3) is 0.133. The normalized spacial score (nSPS) is 10.4. The van der Waals surface area contributed by atoms with Gasteiger partial charge in [-0.1, -0.05) is 15.9 Å². The summed E-state index contributed by atoms with van der Waals surface area (Å²) >= 11 is 3.32. The first-order valence-corrected chi connectivity index (χ1v) is 6.61. The quantitative estimate of drug-likeness (QED) is 0.781. The lowest BCUT2D eigenvalue weighted by atomic mass is 10.0. The van der Waals surface area contributed by atoms with Gasteiger partial charge in [0.15, 0.2) is 5.78 Å². The van der Waals surface area contributed by atoms with Gasteiger partial charge in [0, 0.05) is 10.9 Å². The van der Waals surface area contributed by atoms with Crippen LogP contribution in [0, 0.1) is 11.6 Å². The van der Waals surface area contributed by atoms with Gasteiger partial charge in [0.2, 0.25) is 0 Å². The van der Waals surface area contributed by atoms with E-state index in [0.717, 1.165) is 18.2 Å². The Bertz CT molecular complexity index is 656. The number of carbonyl (C=O) groups excluding carboxylic acids is 1. The lowest BCUT2D eigenvalue weighted by Gasteiger charge is -2.07. The molecule has 104 valence electrons. The number of hydrogen-bond acceptors (Lipinski definition) is 2. The summed E-state index contributed by atoms with van der Waals surface area (Å²) in [5.74, 6) is -1.26. The standard InChI is InChI=1S/C15H11BrF2O2/c1-20-11-3-4-13(16)9(6-11)7-15(19)12-8-10(17)2-5-14(12)18/h2-6,8H,7H2,1H3. The summed E-state index contributed by atoms with van der Waals surface area (Å²) in [4.78, 5) is 12.1. The van der Waals surface area contributed by atoms with Crippen molar-refractivity contribution in [2.75, 3.05) is 7.11 Å². The molecule has 0 radical (unpaired) electrons. The lowest BCUT2D eigenvalue weighted by Crippen LogP contribution is -2.07. The van der Waals surface area contributed by atoms with Gasteiger partial charge in [-0.2, -0.15) is 0 Å². The van der Waals surface area contributed by atoms with Crippen LogP contribution in [0.3, 0.4) is 0 Å². The highest BCUT2D eigenvalue weighted by Crippen LogP contribution is 2.24. The molecule has 0 bridgehead atoms. The number of halogens is 3. The minimum atomic E-state index is -0.726. The Morgan fingerprint density at radius 1 is 1.20 bits per heavy atom. The number of Topliss-reactive ketones (excluding diaryl/α,β-unsaturated/α-hetero) is 1. The van der Waals surface area contributed by atoms with Gasteiger partial charge in [-0.25, -0.2) is 8.78 Å². The molecule has 20 heavy (non-hydrogen) atoms. The van der Waals surface area contributed by atoms with Crippen LogP contribution in [-0.2, 0) is 6.42 Å². The first-order valence-electron chi connectivity index (χ1n) is 5.82. The van der Waals surface area contributed by atoms with Crippen molar-refractivity contribution in [2.45, 2.75) is 6.42 Å².